The Bertz CT molecular complexity index is 3200. The van der Waals surface area contributed by atoms with Gasteiger partial charge in [-0.2, -0.15) is 112 Å². The number of aliphatic hydroxyl groups is 5. The van der Waals surface area contributed by atoms with E-state index in [4.69, 9.17) is 65.2 Å². The summed E-state index contributed by atoms with van der Waals surface area (Å²) in [7, 11) is -11.0. The normalized spacial score (nSPS) is 15.3. The molecule has 71 heteroatoms. The number of aryl methyl sites for hydroxylation is 1. The number of nitrogens with zero attached hydrogens (tertiary/aromatic N) is 2. The molecule has 3 radical (unpaired) electrons. The monoisotopic (exact) mass is 2160 g/mol. The first-order valence-corrected chi connectivity index (χ1v) is 40.0. The number of carbonyl (C=O) groups excluding carboxylic acids is 3. The first-order chi connectivity index (χ1) is 59.7. The van der Waals surface area contributed by atoms with Crippen molar-refractivity contribution in [1.29, 1.82) is 0 Å². The number of aromatic nitrogens is 2. The van der Waals surface area contributed by atoms with E-state index in [-0.39, 0.29) is 191 Å². The molecule has 135 heavy (non-hydrogen) atoms. The molecule has 0 saturated carbocycles. The smallest absolute Gasteiger partial charge is 1.00 e. The molecule has 35 nitrogen and oxygen atoms in total. The fourth-order valence-electron chi connectivity index (χ4n) is 7.89. The summed E-state index contributed by atoms with van der Waals surface area (Å²) in [6.07, 6.45) is -54.2. The van der Waals surface area contributed by atoms with Crippen LogP contribution in [0.4, 0.5) is 119 Å². The van der Waals surface area contributed by atoms with E-state index in [9.17, 15) is 161 Å². The number of aliphatic hydroxyl groups excluding tert-OH is 5. The minimum atomic E-state index is -7.42. The number of ketones is 2. The molecule has 1 rings (SSSR count). The van der Waals surface area contributed by atoms with Gasteiger partial charge in [0.1, 0.15) is 26.4 Å². The van der Waals surface area contributed by atoms with Crippen LogP contribution in [-0.4, -0.2) is 352 Å². The number of Topliss-reactive ketones (excluding diaryl/α,β-unsaturated/α-hetero) is 2. The Morgan fingerprint density at radius 1 is 0.474 bits per heavy atom. The topological polar surface area (TPSA) is 480 Å². The van der Waals surface area contributed by atoms with E-state index >= 15 is 0 Å². The maximum absolute atomic E-state index is 14.6. The number of alkyl halides is 27. The third-order valence-electron chi connectivity index (χ3n) is 14.6. The third-order valence-corrected chi connectivity index (χ3v) is 17.4. The van der Waals surface area contributed by atoms with Crippen LogP contribution in [0.3, 0.4) is 0 Å². The molecule has 0 aliphatic carbocycles. The summed E-state index contributed by atoms with van der Waals surface area (Å²) in [5, 5.41) is 52.6. The second kappa shape index (κ2) is 81.8. The van der Waals surface area contributed by atoms with Crippen molar-refractivity contribution in [1.82, 2.24) is 9.55 Å². The summed E-state index contributed by atoms with van der Waals surface area (Å²) >= 11 is 0. The predicted molar refractivity (Wildman–Crippen MR) is 383 cm³/mol. The molecule has 0 fully saturated rings. The first-order valence-electron chi connectivity index (χ1n) is 36.6. The van der Waals surface area contributed by atoms with Crippen molar-refractivity contribution < 1.29 is 427 Å². The third kappa shape index (κ3) is 72.0. The quantitative estimate of drug-likeness (QED) is 0.0133. The average Bonchev–Trinajstić information content (AvgIpc) is 0.853. The number of ether oxygens (including phenoxy) is 12. The molecule has 0 aliphatic rings. The van der Waals surface area contributed by atoms with Crippen LogP contribution >= 0.6 is 23.5 Å². The number of methoxy groups -OCH3 is 5. The van der Waals surface area contributed by atoms with E-state index in [1.807, 2.05) is 18.7 Å². The summed E-state index contributed by atoms with van der Waals surface area (Å²) in [5.74, 6) is -21.0. The number of hydrogen-bond acceptors (Lipinski definition) is 34. The van der Waals surface area contributed by atoms with E-state index < -0.39 is 242 Å². The Labute approximate surface area is 873 Å². The number of halogens is 27. The van der Waals surface area contributed by atoms with Crippen molar-refractivity contribution in [3.63, 3.8) is 0 Å². The van der Waals surface area contributed by atoms with Crippen molar-refractivity contribution >= 4 is 49.4 Å². The predicted octanol–water partition coefficient (Wildman–Crippen LogP) is -7.00. The van der Waals surface area contributed by atoms with Crippen LogP contribution in [0.25, 0.3) is 0 Å². The molecule has 1 heterocycles. The molecule has 783 valence electrons. The van der Waals surface area contributed by atoms with Crippen molar-refractivity contribution in [2.75, 3.05) is 195 Å². The molecule has 1 aromatic heterocycles. The van der Waals surface area contributed by atoms with Gasteiger partial charge < -0.3 is 131 Å². The number of rotatable bonds is 61. The number of phosphoric ester groups is 3. The van der Waals surface area contributed by atoms with Gasteiger partial charge in [0, 0.05) is 116 Å². The van der Waals surface area contributed by atoms with E-state index in [1.54, 1.807) is 14.2 Å². The van der Waals surface area contributed by atoms with Crippen LogP contribution in [0.2, 0.25) is 0 Å². The standard InChI is InChI=1S/C27H33F26O17P3.C12H20O8.C9H20O5.C7H12N2.C6H14O2.CH3F.CH3O.CH4.B.5Na.H/c1-60-6-7-61-17(11-67-73(58,59)69-13-19(31,25(46,47)48)63-9-15(29)21(35,36)37,3-5-65-72(56,57)68-12-18(30,24(43,44)45)62-8-14(28)20(32,33)34)2-4-64-71(54,55)66-10-16(22(38,39)40)70-27(52,53)23(41,42)26(49,50)51;1-18-3-4-20-12(11(17)19-2,5-9(15)7-13)6-10(16)8-14;1-13-6-7-14-9(8-12,2-4-10)3-5-11;1-2-3-5-9-6-4-8-7-9;1-3-4-8-6-5-7-2;2*1-2;;;;;;;;/h14-16H,2-13H2,1H3,(H,54,55)(H,56,57)(H,58,59);13-14H,3-8H2,1-2H3;10-12H,2-8H2,1H3;4,6-7H,2-3,5H2,1H3;3-6H2,1-2H3;2*1H3;1H4;;;;;;;/q;;;;;;-1;;;5*+1;-1/p-3/i;;;;;;;1D;;;;;;;. The zero-order chi connectivity index (χ0) is 103. The number of imidazole rings is 1. The largest absolute Gasteiger partial charge is 1.00 e. The van der Waals surface area contributed by atoms with Gasteiger partial charge in [-0.1, -0.05) is 27.7 Å². The summed E-state index contributed by atoms with van der Waals surface area (Å²) in [5.41, 5.74) is -5.83. The SMILES string of the molecule is CCCCn1ccnc1.CCCOCCOC.CF.COCCOC(CC(=O)CO)(CC(=O)CO)C(=O)OC.COCCOC(CCOP(=O)([O-])OCC(OC(F)(F)C(F)(F)C(F)(F)F)C(F)(F)F)(CCOP(=O)([O-])OCC(F)(OCC(F)C(F)(F)F)C(F)(F)F)COP(=O)([O-])OCC(F)(OCC(F)C(F)(F)F)C(F)(F)F.COCCOC(CO)(CCO)CCO.C[O-].[2H]C.[B].[H-].[Na+].[Na+].[Na+].[Na+].[Na+]. The molecular formula is C64H107BF27N2Na5O33P3. The fraction of sp³-hybridized carbons (Fsp3) is 0.906. The molecule has 0 spiro atoms. The maximum atomic E-state index is 14.6. The molecular weight excluding hydrogens is 2060 g/mol. The van der Waals surface area contributed by atoms with Crippen LogP contribution in [0.1, 0.15) is 81.8 Å². The molecule has 1 aromatic rings. The molecule has 5 N–H and O–H groups in total. The Morgan fingerprint density at radius 3 is 1.15 bits per heavy atom. The fourth-order valence-corrected chi connectivity index (χ4v) is 10.1. The average molecular weight is 2170 g/mol. The van der Waals surface area contributed by atoms with Gasteiger partial charge in [0.25, 0.3) is 23.5 Å². The van der Waals surface area contributed by atoms with Gasteiger partial charge in [-0.25, -0.2) is 18.6 Å². The first kappa shape index (κ1) is 161. The van der Waals surface area contributed by atoms with E-state index in [2.05, 4.69) is 74.2 Å². The van der Waals surface area contributed by atoms with Crippen LogP contribution < -0.4 is 168 Å². The summed E-state index contributed by atoms with van der Waals surface area (Å²) in [4.78, 5) is 75.6. The van der Waals surface area contributed by atoms with Gasteiger partial charge in [-0.05, 0) is 12.8 Å². The van der Waals surface area contributed by atoms with Gasteiger partial charge in [0.05, 0.1) is 131 Å². The Hall–Kier alpha value is 0.845. The number of carbonyl (C=O) groups is 3. The molecule has 0 amide bonds. The maximum Gasteiger partial charge on any atom is 1.00 e. The van der Waals surface area contributed by atoms with Gasteiger partial charge in [-0.15, -0.1) is 0 Å². The Kier molecular flexibility index (Phi) is 97.6. The number of esters is 1. The second-order valence-electron chi connectivity index (χ2n) is 24.4. The zero-order valence-corrected chi connectivity index (χ0v) is 88.5. The molecule has 0 aromatic carbocycles. The van der Waals surface area contributed by atoms with E-state index in [1.165, 1.54) is 27.4 Å². The second-order valence-corrected chi connectivity index (χ2v) is 28.7. The Balaban J connectivity index is -0.000000158. The van der Waals surface area contributed by atoms with Crippen LogP contribution in [0.5, 0.6) is 0 Å². The zero-order valence-electron chi connectivity index (χ0n) is 77.8. The van der Waals surface area contributed by atoms with Crippen molar-refractivity contribution in [3.8, 4) is 0 Å². The van der Waals surface area contributed by atoms with Crippen molar-refractivity contribution in [2.45, 2.75) is 182 Å². The number of hydrogen-bond donors (Lipinski definition) is 5. The molecule has 9 unspecified atom stereocenters. The van der Waals surface area contributed by atoms with Crippen LogP contribution in [0.15, 0.2) is 18.7 Å². The van der Waals surface area contributed by atoms with Gasteiger partial charge in [0.15, 0.2) is 23.3 Å². The van der Waals surface area contributed by atoms with E-state index in [0.29, 0.717) is 39.8 Å². The molecule has 9 atom stereocenters. The molecule has 0 saturated heterocycles. The summed E-state index contributed by atoms with van der Waals surface area (Å²) in [6, 6.07) is 0. The molecule has 0 aliphatic heterocycles. The van der Waals surface area contributed by atoms with E-state index in [0.717, 1.165) is 47.5 Å². The number of phosphoric acid groups is 3. The minimum Gasteiger partial charge on any atom is -1.00 e. The van der Waals surface area contributed by atoms with Crippen molar-refractivity contribution in [3.05, 3.63) is 18.7 Å². The summed E-state index contributed by atoms with van der Waals surface area (Å²) < 4.78 is 471. The van der Waals surface area contributed by atoms with Crippen LogP contribution in [0, 0.1) is 0 Å². The number of unbranched alkanes of at least 4 members (excludes halogenated alkanes) is 1. The van der Waals surface area contributed by atoms with Gasteiger partial charge >= 0.3 is 215 Å². The van der Waals surface area contributed by atoms with Crippen molar-refractivity contribution in [2.24, 2.45) is 0 Å². The summed E-state index contributed by atoms with van der Waals surface area (Å²) in [6.45, 7) is -16.2. The van der Waals surface area contributed by atoms with Crippen LogP contribution in [-0.2, 0) is 119 Å². The Morgan fingerprint density at radius 2 is 0.837 bits per heavy atom. The molecule has 0 bridgehead atoms. The van der Waals surface area contributed by atoms with Gasteiger partial charge in [0.2, 0.25) is 12.3 Å². The minimum absolute atomic E-state index is 0. The van der Waals surface area contributed by atoms with Gasteiger partial charge in [-0.3, -0.25) is 32.4 Å².